The van der Waals surface area contributed by atoms with Crippen molar-refractivity contribution in [1.29, 1.82) is 0 Å². The third-order valence-electron chi connectivity index (χ3n) is 2.40. The van der Waals surface area contributed by atoms with Crippen LogP contribution in [0.1, 0.15) is 19.4 Å². The van der Waals surface area contributed by atoms with Crippen molar-refractivity contribution in [1.82, 2.24) is 9.71 Å². The third kappa shape index (κ3) is 3.43. The zero-order chi connectivity index (χ0) is 12.2. The molecule has 1 heterocycles. The lowest BCUT2D eigenvalue weighted by Gasteiger charge is -2.24. The Morgan fingerprint density at radius 2 is 2.00 bits per heavy atom. The molecule has 0 radical (unpaired) electrons. The van der Waals surface area contributed by atoms with Gasteiger partial charge in [-0.25, -0.2) is 13.1 Å². The Hall–Kier alpha value is -1.20. The molecule has 0 bridgehead atoms. The largest absolute Gasteiger partial charge is 0.265 e. The lowest BCUT2D eigenvalue weighted by molar-refractivity contribution is 0.504. The number of hydrogen-bond donors (Lipinski definition) is 1. The predicted octanol–water partition coefficient (Wildman–Crippen LogP) is 1.42. The fourth-order valence-electron chi connectivity index (χ4n) is 1.25. The highest BCUT2D eigenvalue weighted by molar-refractivity contribution is 7.92. The van der Waals surface area contributed by atoms with Crippen LogP contribution in [0.5, 0.6) is 0 Å². The number of rotatable bonds is 5. The van der Waals surface area contributed by atoms with Crippen LogP contribution in [0, 0.1) is 0 Å². The molecule has 0 saturated carbocycles. The number of pyridine rings is 1. The molecule has 4 nitrogen and oxygen atoms in total. The Balaban J connectivity index is 2.77. The highest BCUT2D eigenvalue weighted by Gasteiger charge is 2.22. The summed E-state index contributed by atoms with van der Waals surface area (Å²) < 4.78 is 25.0. The van der Waals surface area contributed by atoms with Gasteiger partial charge in [0.15, 0.2) is 0 Å². The molecule has 0 fully saturated rings. The summed E-state index contributed by atoms with van der Waals surface area (Å²) in [6.45, 7) is 7.50. The van der Waals surface area contributed by atoms with E-state index in [1.54, 1.807) is 12.4 Å². The average Bonchev–Trinajstić information content (AvgIpc) is 2.28. The summed E-state index contributed by atoms with van der Waals surface area (Å²) >= 11 is 0. The first-order chi connectivity index (χ1) is 7.37. The van der Waals surface area contributed by atoms with Crippen LogP contribution in [0.4, 0.5) is 0 Å². The molecule has 5 heteroatoms. The molecule has 1 N–H and O–H groups in total. The quantitative estimate of drug-likeness (QED) is 0.846. The van der Waals surface area contributed by atoms with E-state index in [0.29, 0.717) is 6.54 Å². The van der Waals surface area contributed by atoms with E-state index in [2.05, 4.69) is 16.3 Å². The van der Waals surface area contributed by atoms with E-state index in [4.69, 9.17) is 0 Å². The molecular weight excluding hydrogens is 224 g/mol. The minimum Gasteiger partial charge on any atom is -0.265 e. The van der Waals surface area contributed by atoms with Crippen molar-refractivity contribution in [3.8, 4) is 0 Å². The van der Waals surface area contributed by atoms with Crippen LogP contribution in [-0.2, 0) is 15.4 Å². The summed E-state index contributed by atoms with van der Waals surface area (Å²) in [5.74, 6) is 0. The summed E-state index contributed by atoms with van der Waals surface area (Å²) in [7, 11) is -3.36. The van der Waals surface area contributed by atoms with Gasteiger partial charge >= 0.3 is 0 Å². The van der Waals surface area contributed by atoms with Crippen molar-refractivity contribution in [2.45, 2.75) is 19.3 Å². The Labute approximate surface area is 96.5 Å². The molecule has 0 unspecified atom stereocenters. The van der Waals surface area contributed by atoms with Gasteiger partial charge in [-0.2, -0.15) is 0 Å². The van der Waals surface area contributed by atoms with Gasteiger partial charge in [0.25, 0.3) is 0 Å². The zero-order valence-corrected chi connectivity index (χ0v) is 10.3. The molecule has 0 aliphatic rings. The molecule has 0 atom stereocenters. The first kappa shape index (κ1) is 12.9. The lowest BCUT2D eigenvalue weighted by atomic mass is 9.86. The maximum Gasteiger partial charge on any atom is 0.233 e. The summed E-state index contributed by atoms with van der Waals surface area (Å²) in [4.78, 5) is 3.93. The van der Waals surface area contributed by atoms with E-state index >= 15 is 0 Å². The highest BCUT2D eigenvalue weighted by atomic mass is 32.2. The molecule has 1 rings (SSSR count). The molecule has 0 saturated heterocycles. The van der Waals surface area contributed by atoms with Crippen LogP contribution >= 0.6 is 0 Å². The molecule has 88 valence electrons. The molecule has 1 aromatic rings. The molecular formula is C11H16N2O2S. The van der Waals surface area contributed by atoms with Crippen LogP contribution in [0.25, 0.3) is 0 Å². The van der Waals surface area contributed by atoms with Gasteiger partial charge in [0, 0.05) is 29.8 Å². The lowest BCUT2D eigenvalue weighted by Crippen LogP contribution is -2.35. The van der Waals surface area contributed by atoms with Crippen LogP contribution in [0.15, 0.2) is 36.5 Å². The van der Waals surface area contributed by atoms with Crippen LogP contribution < -0.4 is 4.72 Å². The van der Waals surface area contributed by atoms with E-state index in [1.807, 2.05) is 26.0 Å². The van der Waals surface area contributed by atoms with E-state index in [9.17, 15) is 8.42 Å². The third-order valence-corrected chi connectivity index (χ3v) is 3.38. The maximum atomic E-state index is 11.2. The van der Waals surface area contributed by atoms with Gasteiger partial charge < -0.3 is 0 Å². The van der Waals surface area contributed by atoms with E-state index in [0.717, 1.165) is 11.0 Å². The standard InChI is InChI=1S/C11H16N2O2S/c1-4-16(14,15)13-9-11(2,3)10-5-7-12-8-6-10/h4-8,13H,1,9H2,2-3H3. The topological polar surface area (TPSA) is 59.1 Å². The summed E-state index contributed by atoms with van der Waals surface area (Å²) in [6, 6.07) is 3.75. The summed E-state index contributed by atoms with van der Waals surface area (Å²) in [5, 5.41) is 0.912. The van der Waals surface area contributed by atoms with Crippen LogP contribution in [-0.4, -0.2) is 19.9 Å². The van der Waals surface area contributed by atoms with E-state index < -0.39 is 10.0 Å². The molecule has 0 spiro atoms. The van der Waals surface area contributed by atoms with Gasteiger partial charge in [0.05, 0.1) is 0 Å². The molecule has 1 aromatic heterocycles. The van der Waals surface area contributed by atoms with Crippen molar-refractivity contribution in [2.24, 2.45) is 0 Å². The number of aromatic nitrogens is 1. The van der Waals surface area contributed by atoms with Crippen molar-refractivity contribution >= 4 is 10.0 Å². The van der Waals surface area contributed by atoms with Gasteiger partial charge in [-0.05, 0) is 17.7 Å². The van der Waals surface area contributed by atoms with Crippen molar-refractivity contribution in [2.75, 3.05) is 6.54 Å². The monoisotopic (exact) mass is 240 g/mol. The second-order valence-electron chi connectivity index (χ2n) is 4.15. The Morgan fingerprint density at radius 1 is 1.44 bits per heavy atom. The maximum absolute atomic E-state index is 11.2. The van der Waals surface area contributed by atoms with E-state index in [-0.39, 0.29) is 5.41 Å². The summed E-state index contributed by atoms with van der Waals surface area (Å²) in [5.41, 5.74) is 0.758. The molecule has 0 aliphatic carbocycles. The normalized spacial score (nSPS) is 12.4. The Bertz CT molecular complexity index is 452. The fraction of sp³-hybridized carbons (Fsp3) is 0.364. The predicted molar refractivity (Wildman–Crippen MR) is 64.4 cm³/mol. The average molecular weight is 240 g/mol. The zero-order valence-electron chi connectivity index (χ0n) is 9.47. The Kier molecular flexibility index (Phi) is 3.83. The number of nitrogens with one attached hydrogen (secondary N) is 1. The first-order valence-electron chi connectivity index (χ1n) is 4.90. The van der Waals surface area contributed by atoms with Crippen LogP contribution in [0.3, 0.4) is 0 Å². The van der Waals surface area contributed by atoms with Crippen molar-refractivity contribution < 1.29 is 8.42 Å². The second kappa shape index (κ2) is 4.76. The first-order valence-corrected chi connectivity index (χ1v) is 6.45. The van der Waals surface area contributed by atoms with Gasteiger partial charge in [-0.3, -0.25) is 4.98 Å². The SMILES string of the molecule is C=CS(=O)(=O)NCC(C)(C)c1ccncc1. The van der Waals surface area contributed by atoms with Crippen molar-refractivity contribution in [3.05, 3.63) is 42.1 Å². The van der Waals surface area contributed by atoms with Crippen LogP contribution in [0.2, 0.25) is 0 Å². The van der Waals surface area contributed by atoms with Crippen molar-refractivity contribution in [3.63, 3.8) is 0 Å². The molecule has 0 aromatic carbocycles. The minimum atomic E-state index is -3.36. The number of hydrogen-bond acceptors (Lipinski definition) is 3. The molecule has 0 amide bonds. The second-order valence-corrected chi connectivity index (χ2v) is 5.86. The fourth-order valence-corrected chi connectivity index (χ4v) is 1.92. The van der Waals surface area contributed by atoms with Gasteiger partial charge in [-0.1, -0.05) is 20.4 Å². The molecule has 0 aliphatic heterocycles. The number of nitrogens with zero attached hydrogens (tertiary/aromatic N) is 1. The van der Waals surface area contributed by atoms with Gasteiger partial charge in [0.2, 0.25) is 10.0 Å². The number of sulfonamides is 1. The minimum absolute atomic E-state index is 0.279. The van der Waals surface area contributed by atoms with Gasteiger partial charge in [-0.15, -0.1) is 0 Å². The van der Waals surface area contributed by atoms with E-state index in [1.165, 1.54) is 0 Å². The molecule has 16 heavy (non-hydrogen) atoms. The Morgan fingerprint density at radius 3 is 2.50 bits per heavy atom. The smallest absolute Gasteiger partial charge is 0.233 e. The highest BCUT2D eigenvalue weighted by Crippen LogP contribution is 2.21. The van der Waals surface area contributed by atoms with Gasteiger partial charge in [0.1, 0.15) is 0 Å². The summed E-state index contributed by atoms with van der Waals surface area (Å²) in [6.07, 6.45) is 3.39.